The number of sulfone groups is 1. The molecular weight excluding hydrogens is 253 g/mol. The molecular formula is C13H14FNO2S. The van der Waals surface area contributed by atoms with Crippen molar-refractivity contribution in [2.24, 2.45) is 0 Å². The molecule has 0 spiro atoms. The van der Waals surface area contributed by atoms with Crippen molar-refractivity contribution in [1.29, 1.82) is 0 Å². The summed E-state index contributed by atoms with van der Waals surface area (Å²) in [6, 6.07) is 4.23. The first-order chi connectivity index (χ1) is 8.57. The maximum absolute atomic E-state index is 13.1. The summed E-state index contributed by atoms with van der Waals surface area (Å²) in [4.78, 5) is 0.560. The highest BCUT2D eigenvalue weighted by Crippen LogP contribution is 2.33. The van der Waals surface area contributed by atoms with Crippen LogP contribution in [0.25, 0.3) is 6.08 Å². The van der Waals surface area contributed by atoms with Crippen LogP contribution in [0.15, 0.2) is 28.0 Å². The van der Waals surface area contributed by atoms with Crippen LogP contribution in [0.5, 0.6) is 0 Å². The molecule has 1 aromatic carbocycles. The van der Waals surface area contributed by atoms with Gasteiger partial charge in [0.1, 0.15) is 5.82 Å². The van der Waals surface area contributed by atoms with Gasteiger partial charge in [0.15, 0.2) is 0 Å². The SMILES string of the molecule is O=S1(=O)C(CNC2CCC2)=Cc2cc(F)ccc21. The Morgan fingerprint density at radius 3 is 2.78 bits per heavy atom. The lowest BCUT2D eigenvalue weighted by molar-refractivity contribution is 0.351. The van der Waals surface area contributed by atoms with Crippen LogP contribution in [0, 0.1) is 5.82 Å². The molecule has 1 fully saturated rings. The number of fused-ring (bicyclic) bond motifs is 1. The molecule has 1 aliphatic carbocycles. The molecule has 1 aromatic rings. The monoisotopic (exact) mass is 267 g/mol. The molecule has 0 aromatic heterocycles. The summed E-state index contributed by atoms with van der Waals surface area (Å²) in [7, 11) is -3.41. The zero-order valence-corrected chi connectivity index (χ0v) is 10.6. The lowest BCUT2D eigenvalue weighted by atomic mass is 9.93. The Labute approximate surface area is 106 Å². The third kappa shape index (κ3) is 1.87. The van der Waals surface area contributed by atoms with Crippen LogP contribution in [0.1, 0.15) is 24.8 Å². The van der Waals surface area contributed by atoms with Gasteiger partial charge in [-0.1, -0.05) is 6.42 Å². The molecule has 1 saturated carbocycles. The van der Waals surface area contributed by atoms with Gasteiger partial charge < -0.3 is 5.32 Å². The van der Waals surface area contributed by atoms with Crippen molar-refractivity contribution in [3.8, 4) is 0 Å². The standard InChI is InChI=1S/C13H14FNO2S/c14-10-4-5-13-9(6-10)7-12(18(13,16)17)8-15-11-2-1-3-11/h4-7,11,15H,1-3,8H2. The Morgan fingerprint density at radius 1 is 1.33 bits per heavy atom. The first kappa shape index (κ1) is 11.9. The molecule has 1 heterocycles. The topological polar surface area (TPSA) is 46.2 Å². The summed E-state index contributed by atoms with van der Waals surface area (Å²) in [6.45, 7) is 0.337. The van der Waals surface area contributed by atoms with E-state index >= 15 is 0 Å². The summed E-state index contributed by atoms with van der Waals surface area (Å²) < 4.78 is 37.4. The van der Waals surface area contributed by atoms with Gasteiger partial charge in [0.25, 0.3) is 0 Å². The summed E-state index contributed by atoms with van der Waals surface area (Å²) in [5.74, 6) is -0.409. The normalized spacial score (nSPS) is 21.3. The van der Waals surface area contributed by atoms with Crippen molar-refractivity contribution in [3.05, 3.63) is 34.5 Å². The summed E-state index contributed by atoms with van der Waals surface area (Å²) in [6.07, 6.45) is 4.98. The van der Waals surface area contributed by atoms with E-state index in [1.54, 1.807) is 6.08 Å². The molecule has 0 amide bonds. The fourth-order valence-corrected chi connectivity index (χ4v) is 3.79. The van der Waals surface area contributed by atoms with E-state index in [2.05, 4.69) is 5.32 Å². The fourth-order valence-electron chi connectivity index (χ4n) is 2.27. The number of halogens is 1. The van der Waals surface area contributed by atoms with Crippen molar-refractivity contribution in [1.82, 2.24) is 5.32 Å². The average Bonchev–Trinajstić information content (AvgIpc) is 2.48. The van der Waals surface area contributed by atoms with E-state index < -0.39 is 15.7 Å². The molecule has 96 valence electrons. The van der Waals surface area contributed by atoms with Gasteiger partial charge >= 0.3 is 0 Å². The number of hydrogen-bond donors (Lipinski definition) is 1. The molecule has 0 atom stereocenters. The summed E-state index contributed by atoms with van der Waals surface area (Å²) in [5, 5.41) is 3.22. The smallest absolute Gasteiger partial charge is 0.204 e. The lowest BCUT2D eigenvalue weighted by Gasteiger charge is -2.26. The molecule has 1 aliphatic heterocycles. The van der Waals surface area contributed by atoms with E-state index in [-0.39, 0.29) is 4.90 Å². The van der Waals surface area contributed by atoms with E-state index in [1.807, 2.05) is 0 Å². The first-order valence-electron chi connectivity index (χ1n) is 6.06. The molecule has 0 saturated heterocycles. The quantitative estimate of drug-likeness (QED) is 0.853. The second-order valence-corrected chi connectivity index (χ2v) is 6.78. The van der Waals surface area contributed by atoms with E-state index in [4.69, 9.17) is 0 Å². The average molecular weight is 267 g/mol. The third-order valence-corrected chi connectivity index (χ3v) is 5.50. The zero-order valence-electron chi connectivity index (χ0n) is 9.82. The van der Waals surface area contributed by atoms with Crippen LogP contribution in [0.3, 0.4) is 0 Å². The van der Waals surface area contributed by atoms with Crippen molar-refractivity contribution < 1.29 is 12.8 Å². The maximum atomic E-state index is 13.1. The summed E-state index contributed by atoms with van der Waals surface area (Å²) >= 11 is 0. The van der Waals surface area contributed by atoms with E-state index in [0.29, 0.717) is 23.1 Å². The molecule has 0 unspecified atom stereocenters. The van der Waals surface area contributed by atoms with Gasteiger partial charge in [-0.2, -0.15) is 0 Å². The molecule has 1 N–H and O–H groups in total. The second kappa shape index (κ2) is 4.17. The first-order valence-corrected chi connectivity index (χ1v) is 7.54. The minimum Gasteiger partial charge on any atom is -0.309 e. The Kier molecular flexibility index (Phi) is 2.75. The largest absolute Gasteiger partial charge is 0.309 e. The van der Waals surface area contributed by atoms with Gasteiger partial charge in [0, 0.05) is 12.6 Å². The number of hydrogen-bond acceptors (Lipinski definition) is 3. The predicted molar refractivity (Wildman–Crippen MR) is 67.2 cm³/mol. The maximum Gasteiger partial charge on any atom is 0.204 e. The third-order valence-electron chi connectivity index (χ3n) is 3.59. The van der Waals surface area contributed by atoms with Crippen molar-refractivity contribution >= 4 is 15.9 Å². The van der Waals surface area contributed by atoms with Crippen LogP contribution in [0.4, 0.5) is 4.39 Å². The Balaban J connectivity index is 1.86. The Hall–Kier alpha value is -1.20. The highest BCUT2D eigenvalue weighted by atomic mass is 32.2. The molecule has 0 bridgehead atoms. The molecule has 18 heavy (non-hydrogen) atoms. The van der Waals surface area contributed by atoms with E-state index in [0.717, 1.165) is 12.8 Å². The predicted octanol–water partition coefficient (Wildman–Crippen LogP) is 2.10. The van der Waals surface area contributed by atoms with Gasteiger partial charge in [0.2, 0.25) is 9.84 Å². The lowest BCUT2D eigenvalue weighted by Crippen LogP contribution is -2.36. The van der Waals surface area contributed by atoms with Gasteiger partial charge in [-0.15, -0.1) is 0 Å². The number of nitrogens with one attached hydrogen (secondary N) is 1. The number of rotatable bonds is 3. The van der Waals surface area contributed by atoms with Crippen molar-refractivity contribution in [2.75, 3.05) is 6.54 Å². The Morgan fingerprint density at radius 2 is 2.11 bits per heavy atom. The highest BCUT2D eigenvalue weighted by Gasteiger charge is 2.30. The molecule has 2 aliphatic rings. The van der Waals surface area contributed by atoms with Crippen molar-refractivity contribution in [2.45, 2.75) is 30.2 Å². The second-order valence-electron chi connectivity index (χ2n) is 4.80. The minimum atomic E-state index is -3.41. The summed E-state index contributed by atoms with van der Waals surface area (Å²) in [5.41, 5.74) is 0.459. The van der Waals surface area contributed by atoms with Crippen LogP contribution < -0.4 is 5.32 Å². The van der Waals surface area contributed by atoms with Crippen molar-refractivity contribution in [3.63, 3.8) is 0 Å². The van der Waals surface area contributed by atoms with Crippen LogP contribution in [-0.2, 0) is 9.84 Å². The molecule has 0 radical (unpaired) electrons. The Bertz CT molecular complexity index is 618. The van der Waals surface area contributed by atoms with E-state index in [9.17, 15) is 12.8 Å². The molecule has 5 heteroatoms. The molecule has 3 rings (SSSR count). The van der Waals surface area contributed by atoms with E-state index in [1.165, 1.54) is 24.6 Å². The minimum absolute atomic E-state index is 0.217. The highest BCUT2D eigenvalue weighted by molar-refractivity contribution is 7.95. The zero-order chi connectivity index (χ0) is 12.8. The van der Waals surface area contributed by atoms with Gasteiger partial charge in [-0.25, -0.2) is 12.8 Å². The number of benzene rings is 1. The van der Waals surface area contributed by atoms with Crippen LogP contribution in [-0.4, -0.2) is 21.0 Å². The van der Waals surface area contributed by atoms with Gasteiger partial charge in [-0.05, 0) is 42.7 Å². The van der Waals surface area contributed by atoms with Crippen LogP contribution >= 0.6 is 0 Å². The van der Waals surface area contributed by atoms with Gasteiger partial charge in [0.05, 0.1) is 9.80 Å². The van der Waals surface area contributed by atoms with Gasteiger partial charge in [-0.3, -0.25) is 0 Å². The fraction of sp³-hybridized carbons (Fsp3) is 0.385. The molecule has 3 nitrogen and oxygen atoms in total. The van der Waals surface area contributed by atoms with Crippen LogP contribution in [0.2, 0.25) is 0 Å².